The zero-order chi connectivity index (χ0) is 23.4. The lowest BCUT2D eigenvalue weighted by Crippen LogP contribution is -2.34. The average molecular weight is 441 g/mol. The van der Waals surface area contributed by atoms with Crippen molar-refractivity contribution >= 4 is 28.5 Å². The molecule has 1 amide bonds. The van der Waals surface area contributed by atoms with Crippen molar-refractivity contribution in [3.05, 3.63) is 100 Å². The van der Waals surface area contributed by atoms with Gasteiger partial charge in [0.25, 0.3) is 5.91 Å². The van der Waals surface area contributed by atoms with Crippen LogP contribution in [0.5, 0.6) is 0 Å². The number of esters is 1. The van der Waals surface area contributed by atoms with Gasteiger partial charge in [0, 0.05) is 23.4 Å². The molecule has 0 atom stereocenters. The molecule has 0 aliphatic carbocycles. The first-order chi connectivity index (χ1) is 16.0. The minimum absolute atomic E-state index is 0.0948. The second-order valence-electron chi connectivity index (χ2n) is 7.48. The first-order valence-corrected chi connectivity index (χ1v) is 10.7. The maximum absolute atomic E-state index is 13.0. The van der Waals surface area contributed by atoms with Crippen LogP contribution in [0.4, 0.5) is 5.69 Å². The van der Waals surface area contributed by atoms with Gasteiger partial charge >= 0.3 is 5.97 Å². The third-order valence-corrected chi connectivity index (χ3v) is 5.41. The fourth-order valence-electron chi connectivity index (χ4n) is 3.73. The van der Waals surface area contributed by atoms with E-state index in [2.05, 4.69) is 0 Å². The number of amides is 1. The van der Waals surface area contributed by atoms with Crippen LogP contribution in [0.1, 0.15) is 22.8 Å². The van der Waals surface area contributed by atoms with Gasteiger partial charge in [-0.1, -0.05) is 54.6 Å². The lowest BCUT2D eigenvalue weighted by molar-refractivity contribution is -0.121. The third-order valence-electron chi connectivity index (χ3n) is 5.41. The van der Waals surface area contributed by atoms with Gasteiger partial charge in [0.1, 0.15) is 11.3 Å². The van der Waals surface area contributed by atoms with E-state index in [0.717, 1.165) is 11.3 Å². The molecule has 0 unspecified atom stereocenters. The smallest absolute Gasteiger partial charge is 0.342 e. The van der Waals surface area contributed by atoms with Crippen LogP contribution in [0.2, 0.25) is 0 Å². The highest BCUT2D eigenvalue weighted by molar-refractivity contribution is 6.03. The molecule has 3 aromatic carbocycles. The Morgan fingerprint density at radius 3 is 2.24 bits per heavy atom. The first-order valence-electron chi connectivity index (χ1n) is 10.7. The SMILES string of the molecule is CCN(C(=O)COC(=O)c1cccc2c(=O)c(C)c(-c3ccccc3)oc12)c1ccccc1. The standard InChI is InChI=1S/C27H23NO5/c1-3-28(20-13-8-5-9-14-20)23(29)17-32-27(31)22-16-10-15-21-24(30)18(2)25(33-26(21)22)19-11-6-4-7-12-19/h4-16H,3,17H2,1-2H3. The third kappa shape index (κ3) is 4.41. The van der Waals surface area contributed by atoms with Crippen molar-refractivity contribution < 1.29 is 18.7 Å². The van der Waals surface area contributed by atoms with Crippen LogP contribution in [-0.2, 0) is 9.53 Å². The van der Waals surface area contributed by atoms with Crippen LogP contribution in [0.3, 0.4) is 0 Å². The fourth-order valence-corrected chi connectivity index (χ4v) is 3.73. The molecule has 166 valence electrons. The van der Waals surface area contributed by atoms with Gasteiger partial charge in [-0.05, 0) is 38.1 Å². The van der Waals surface area contributed by atoms with Gasteiger partial charge in [0.05, 0.1) is 5.39 Å². The Kier molecular flexibility index (Phi) is 6.36. The Bertz CT molecular complexity index is 1360. The summed E-state index contributed by atoms with van der Waals surface area (Å²) >= 11 is 0. The normalized spacial score (nSPS) is 10.7. The van der Waals surface area contributed by atoms with Gasteiger partial charge in [-0.25, -0.2) is 4.79 Å². The van der Waals surface area contributed by atoms with Crippen LogP contribution in [0, 0.1) is 6.92 Å². The highest BCUT2D eigenvalue weighted by Crippen LogP contribution is 2.27. The van der Waals surface area contributed by atoms with Crippen LogP contribution in [0.15, 0.2) is 88.1 Å². The lowest BCUT2D eigenvalue weighted by Gasteiger charge is -2.20. The number of hydrogen-bond donors (Lipinski definition) is 0. The van der Waals surface area contributed by atoms with Gasteiger partial charge in [-0.3, -0.25) is 9.59 Å². The van der Waals surface area contributed by atoms with E-state index in [1.54, 1.807) is 19.1 Å². The molecule has 4 rings (SSSR count). The molecule has 6 nitrogen and oxygen atoms in total. The van der Waals surface area contributed by atoms with Crippen LogP contribution < -0.4 is 10.3 Å². The largest absolute Gasteiger partial charge is 0.455 e. The number of nitrogens with zero attached hydrogens (tertiary/aromatic N) is 1. The number of benzene rings is 3. The molecule has 0 bridgehead atoms. The summed E-state index contributed by atoms with van der Waals surface area (Å²) in [5.74, 6) is -0.686. The molecule has 0 spiro atoms. The second kappa shape index (κ2) is 9.53. The highest BCUT2D eigenvalue weighted by Gasteiger charge is 2.21. The minimum Gasteiger partial charge on any atom is -0.455 e. The zero-order valence-corrected chi connectivity index (χ0v) is 18.4. The summed E-state index contributed by atoms with van der Waals surface area (Å²) in [5.41, 5.74) is 1.92. The summed E-state index contributed by atoms with van der Waals surface area (Å²) < 4.78 is 11.4. The van der Waals surface area contributed by atoms with Gasteiger partial charge < -0.3 is 14.1 Å². The number of carbonyl (C=O) groups is 2. The number of ether oxygens (including phenoxy) is 1. The summed E-state index contributed by atoms with van der Waals surface area (Å²) in [6.45, 7) is 3.54. The van der Waals surface area contributed by atoms with Crippen molar-refractivity contribution in [2.45, 2.75) is 13.8 Å². The molecule has 0 saturated carbocycles. The van der Waals surface area contributed by atoms with Crippen molar-refractivity contribution in [2.24, 2.45) is 0 Å². The number of rotatable bonds is 6. The van der Waals surface area contributed by atoms with Crippen molar-refractivity contribution in [2.75, 3.05) is 18.1 Å². The Hall–Kier alpha value is -4.19. The van der Waals surface area contributed by atoms with Crippen molar-refractivity contribution in [3.8, 4) is 11.3 Å². The number of para-hydroxylation sites is 2. The zero-order valence-electron chi connectivity index (χ0n) is 18.4. The summed E-state index contributed by atoms with van der Waals surface area (Å²) in [6.07, 6.45) is 0. The van der Waals surface area contributed by atoms with E-state index in [1.165, 1.54) is 11.0 Å². The van der Waals surface area contributed by atoms with E-state index in [1.807, 2.05) is 67.6 Å². The van der Waals surface area contributed by atoms with Gasteiger partial charge in [-0.2, -0.15) is 0 Å². The Labute approximate surface area is 191 Å². The Morgan fingerprint density at radius 1 is 0.909 bits per heavy atom. The molecule has 33 heavy (non-hydrogen) atoms. The van der Waals surface area contributed by atoms with E-state index < -0.39 is 12.6 Å². The second-order valence-corrected chi connectivity index (χ2v) is 7.48. The molecule has 4 aromatic rings. The molecular weight excluding hydrogens is 418 g/mol. The predicted octanol–water partition coefficient (Wildman–Crippen LogP) is 4.98. The van der Waals surface area contributed by atoms with Crippen LogP contribution >= 0.6 is 0 Å². The number of likely N-dealkylation sites (N-methyl/N-ethyl adjacent to an activating group) is 1. The van der Waals surface area contributed by atoms with E-state index in [4.69, 9.17) is 9.15 Å². The minimum atomic E-state index is -0.732. The van der Waals surface area contributed by atoms with Crippen molar-refractivity contribution in [1.29, 1.82) is 0 Å². The molecule has 1 heterocycles. The predicted molar refractivity (Wildman–Crippen MR) is 127 cm³/mol. The van der Waals surface area contributed by atoms with Crippen LogP contribution in [0.25, 0.3) is 22.3 Å². The molecule has 6 heteroatoms. The molecule has 0 aliphatic heterocycles. The monoisotopic (exact) mass is 441 g/mol. The Balaban J connectivity index is 1.64. The summed E-state index contributed by atoms with van der Waals surface area (Å²) in [7, 11) is 0. The molecule has 0 radical (unpaired) electrons. The summed E-state index contributed by atoms with van der Waals surface area (Å²) in [6, 6.07) is 23.1. The summed E-state index contributed by atoms with van der Waals surface area (Å²) in [5, 5.41) is 0.285. The number of fused-ring (bicyclic) bond motifs is 1. The molecule has 0 N–H and O–H groups in total. The highest BCUT2D eigenvalue weighted by atomic mass is 16.5. The quantitative estimate of drug-likeness (QED) is 0.395. The topological polar surface area (TPSA) is 76.8 Å². The first kappa shape index (κ1) is 22.0. The number of anilines is 1. The van der Waals surface area contributed by atoms with E-state index >= 15 is 0 Å². The Morgan fingerprint density at radius 2 is 1.58 bits per heavy atom. The van der Waals surface area contributed by atoms with E-state index in [-0.39, 0.29) is 27.9 Å². The van der Waals surface area contributed by atoms with Gasteiger partial charge in [0.15, 0.2) is 17.6 Å². The van der Waals surface area contributed by atoms with Crippen molar-refractivity contribution in [3.63, 3.8) is 0 Å². The lowest BCUT2D eigenvalue weighted by atomic mass is 10.0. The van der Waals surface area contributed by atoms with Crippen LogP contribution in [-0.4, -0.2) is 25.0 Å². The molecule has 0 saturated heterocycles. The molecular formula is C27H23NO5. The maximum atomic E-state index is 13.0. The van der Waals surface area contributed by atoms with E-state index in [0.29, 0.717) is 17.9 Å². The molecule has 0 fully saturated rings. The summed E-state index contributed by atoms with van der Waals surface area (Å²) in [4.78, 5) is 40.1. The molecule has 1 aromatic heterocycles. The fraction of sp³-hybridized carbons (Fsp3) is 0.148. The average Bonchev–Trinajstić information content (AvgIpc) is 2.86. The number of hydrogen-bond acceptors (Lipinski definition) is 5. The van der Waals surface area contributed by atoms with Gasteiger partial charge in [0.2, 0.25) is 0 Å². The maximum Gasteiger partial charge on any atom is 0.342 e. The molecule has 0 aliphatic rings. The van der Waals surface area contributed by atoms with Gasteiger partial charge in [-0.15, -0.1) is 0 Å². The number of carbonyl (C=O) groups excluding carboxylic acids is 2. The van der Waals surface area contributed by atoms with E-state index in [9.17, 15) is 14.4 Å². The van der Waals surface area contributed by atoms with Crippen molar-refractivity contribution in [1.82, 2.24) is 0 Å².